The van der Waals surface area contributed by atoms with Gasteiger partial charge in [0.2, 0.25) is 0 Å². The average molecular weight is 785 g/mol. The van der Waals surface area contributed by atoms with Gasteiger partial charge >= 0.3 is 0 Å². The van der Waals surface area contributed by atoms with Crippen molar-refractivity contribution in [3.63, 3.8) is 0 Å². The van der Waals surface area contributed by atoms with Crippen LogP contribution in [0.1, 0.15) is 22.3 Å². The van der Waals surface area contributed by atoms with Crippen molar-refractivity contribution in [2.24, 2.45) is 0 Å². The van der Waals surface area contributed by atoms with Crippen LogP contribution in [0, 0.1) is 0 Å². The number of hydrogen-bond donors (Lipinski definition) is 0. The van der Waals surface area contributed by atoms with Crippen LogP contribution >= 0.6 is 81.2 Å². The smallest absolute Gasteiger partial charge is 0.0477 e. The Morgan fingerprint density at radius 2 is 0.650 bits per heavy atom. The Morgan fingerprint density at radius 3 is 0.950 bits per heavy atom. The van der Waals surface area contributed by atoms with Crippen molar-refractivity contribution < 1.29 is 16.5 Å². The summed E-state index contributed by atoms with van der Waals surface area (Å²) in [6.45, 7) is 0. The minimum atomic E-state index is 0. The molecule has 4 rings (SSSR count). The molecule has 4 aromatic rings. The maximum absolute atomic E-state index is 6.14. The predicted octanol–water partition coefficient (Wildman–Crippen LogP) is 11.8. The van der Waals surface area contributed by atoms with E-state index in [1.807, 2.05) is 12.1 Å². The summed E-state index contributed by atoms with van der Waals surface area (Å²) in [5, 5.41) is 3.70. The second kappa shape index (κ2) is 16.6. The molecule has 0 nitrogen and oxygen atoms in total. The van der Waals surface area contributed by atoms with Gasteiger partial charge < -0.3 is 50.5 Å². The van der Waals surface area contributed by atoms with Crippen molar-refractivity contribution in [3.8, 4) is 0 Å². The Morgan fingerprint density at radius 1 is 0.375 bits per heavy atom. The molecule has 0 fully saturated rings. The Bertz CT molecular complexity index is 1510. The van der Waals surface area contributed by atoms with Crippen LogP contribution in [0.5, 0.6) is 0 Å². The van der Waals surface area contributed by atoms with Gasteiger partial charge in [0.25, 0.3) is 0 Å². The average Bonchev–Trinajstić information content (AvgIpc) is 2.88. The molecule has 0 aromatic heterocycles. The quantitative estimate of drug-likeness (QED) is 0.115. The molecule has 0 N–H and O–H groups in total. The fraction of sp³-hybridized carbons (Fsp3) is 0. The summed E-state index contributed by atoms with van der Waals surface area (Å²) < 4.78 is 0. The minimum absolute atomic E-state index is 0. The summed E-state index contributed by atoms with van der Waals surface area (Å²) >= 11 is 63.4. The predicted molar refractivity (Wildman–Crippen MR) is 184 cm³/mol. The monoisotopic (exact) mass is 780 g/mol. The van der Waals surface area contributed by atoms with Crippen LogP contribution in [-0.2, 0) is 67.0 Å². The van der Waals surface area contributed by atoms with Crippen LogP contribution in [0.25, 0.3) is 19.6 Å². The molecule has 0 aliphatic carbocycles. The van der Waals surface area contributed by atoms with Gasteiger partial charge in [-0.2, -0.15) is 19.6 Å². The largest absolute Gasteiger partial charge is 0.781 e. The van der Waals surface area contributed by atoms with E-state index >= 15 is 0 Å². The van der Waals surface area contributed by atoms with E-state index < -0.39 is 0 Å². The van der Waals surface area contributed by atoms with Crippen LogP contribution < -0.4 is 0 Å². The zero-order valence-corrected chi connectivity index (χ0v) is 29.1. The molecule has 0 aliphatic heterocycles. The topological polar surface area (TPSA) is 0 Å². The molecular formula is C28H13Cl7NiS4-4. The van der Waals surface area contributed by atoms with E-state index in [2.05, 4.69) is 0 Å². The van der Waals surface area contributed by atoms with Gasteiger partial charge in [-0.15, -0.1) is 0 Å². The molecule has 0 atom stereocenters. The van der Waals surface area contributed by atoms with Crippen molar-refractivity contribution >= 4 is 151 Å². The summed E-state index contributed by atoms with van der Waals surface area (Å²) in [5.74, 6) is 0. The van der Waals surface area contributed by atoms with Gasteiger partial charge in [0.1, 0.15) is 0 Å². The number of hydrogen-bond acceptors (Lipinski definition) is 4. The number of rotatable bonds is 4. The van der Waals surface area contributed by atoms with Gasteiger partial charge in [-0.25, -0.2) is 0 Å². The van der Waals surface area contributed by atoms with E-state index in [-0.39, 0.29) is 16.5 Å². The zero-order valence-electron chi connectivity index (χ0n) is 19.6. The van der Waals surface area contributed by atoms with Gasteiger partial charge in [-0.05, 0) is 70.8 Å². The molecule has 0 unspecified atom stereocenters. The van der Waals surface area contributed by atoms with E-state index in [0.29, 0.717) is 71.5 Å². The summed E-state index contributed by atoms with van der Waals surface area (Å²) in [6, 6.07) is 22.5. The first-order valence-electron chi connectivity index (χ1n) is 10.7. The van der Waals surface area contributed by atoms with Crippen LogP contribution in [0.4, 0.5) is 0 Å². The number of halogens is 7. The van der Waals surface area contributed by atoms with E-state index in [1.165, 1.54) is 0 Å². The molecule has 0 amide bonds. The SMILES string of the molecule is [Ni].[S-]/C(=C(\[S-])c1ccc(Cl)cc1Cl)c1ccc(Cl)cc1.[S-]/C(=C(\[S-])c1ccc(Cl)cc1Cl)c1ccc(Cl)cc1Cl. The Balaban J connectivity index is 0.000000274. The maximum Gasteiger partial charge on any atom is 0.0477 e. The molecule has 212 valence electrons. The summed E-state index contributed by atoms with van der Waals surface area (Å²) in [6.07, 6.45) is 0. The second-order valence-electron chi connectivity index (χ2n) is 7.70. The first-order chi connectivity index (χ1) is 18.4. The second-order valence-corrected chi connectivity index (χ2v) is 12.3. The standard InChI is InChI=1S/C14H8Cl4S2.C14H9Cl3S2.Ni/c15-7-1-3-9(11(17)5-7)13(19)14(20)10-4-2-8(16)6-12(10)18;15-9-3-1-8(2-4-9)13(18)14(19)11-6-5-10(16)7-12(11)17;/h1-6,19-20H;1-7,18-19H;/p-4/b2*14-13-;. The maximum atomic E-state index is 6.14. The third-order valence-corrected chi connectivity index (χ3v) is 8.91. The van der Waals surface area contributed by atoms with Crippen LogP contribution in [0.3, 0.4) is 0 Å². The zero-order chi connectivity index (χ0) is 28.9. The van der Waals surface area contributed by atoms with Crippen molar-refractivity contribution in [1.82, 2.24) is 0 Å². The van der Waals surface area contributed by atoms with E-state index in [1.54, 1.807) is 66.7 Å². The molecule has 0 spiro atoms. The normalized spacial score (nSPS) is 11.9. The Hall–Kier alpha value is -0.236. The van der Waals surface area contributed by atoms with Gasteiger partial charge in [-0.3, -0.25) is 0 Å². The Labute approximate surface area is 300 Å². The van der Waals surface area contributed by atoms with Gasteiger partial charge in [0, 0.05) is 51.6 Å². The number of benzene rings is 4. The molecule has 0 radical (unpaired) electrons. The van der Waals surface area contributed by atoms with E-state index in [4.69, 9.17) is 132 Å². The molecule has 40 heavy (non-hydrogen) atoms. The minimum Gasteiger partial charge on any atom is -0.781 e. The Kier molecular flexibility index (Phi) is 14.9. The van der Waals surface area contributed by atoms with E-state index in [0.717, 1.165) is 5.56 Å². The fourth-order valence-corrected chi connectivity index (χ4v) is 6.04. The fourth-order valence-electron chi connectivity index (χ4n) is 3.12. The molecule has 0 saturated heterocycles. The van der Waals surface area contributed by atoms with E-state index in [9.17, 15) is 0 Å². The third kappa shape index (κ3) is 9.64. The van der Waals surface area contributed by atoms with Crippen molar-refractivity contribution in [1.29, 1.82) is 0 Å². The summed E-state index contributed by atoms with van der Waals surface area (Å²) in [5.41, 5.74) is 2.86. The molecule has 0 saturated carbocycles. The van der Waals surface area contributed by atoms with Crippen LogP contribution in [-0.4, -0.2) is 0 Å². The summed E-state index contributed by atoms with van der Waals surface area (Å²) in [4.78, 5) is 1.99. The molecular weight excluding hydrogens is 771 g/mol. The first kappa shape index (κ1) is 36.0. The van der Waals surface area contributed by atoms with Crippen LogP contribution in [0.15, 0.2) is 78.9 Å². The third-order valence-electron chi connectivity index (χ3n) is 5.05. The van der Waals surface area contributed by atoms with Crippen molar-refractivity contribution in [3.05, 3.63) is 136 Å². The summed E-state index contributed by atoms with van der Waals surface area (Å²) in [7, 11) is 0. The molecule has 0 heterocycles. The van der Waals surface area contributed by atoms with Crippen molar-refractivity contribution in [2.45, 2.75) is 0 Å². The van der Waals surface area contributed by atoms with Crippen molar-refractivity contribution in [2.75, 3.05) is 0 Å². The molecule has 4 aromatic carbocycles. The first-order valence-corrected chi connectivity index (χ1v) is 15.0. The van der Waals surface area contributed by atoms with Crippen LogP contribution in [0.2, 0.25) is 35.2 Å². The molecule has 0 bridgehead atoms. The van der Waals surface area contributed by atoms with Gasteiger partial charge in [-0.1, -0.05) is 112 Å². The molecule has 12 heteroatoms. The molecule has 0 aliphatic rings. The van der Waals surface area contributed by atoms with Gasteiger partial charge in [0.05, 0.1) is 0 Å². The van der Waals surface area contributed by atoms with Gasteiger partial charge in [0.15, 0.2) is 0 Å².